The molecular weight excluding hydrogens is 306 g/mol. The molecule has 0 bridgehead atoms. The fraction of sp³-hybridized carbons (Fsp3) is 0.278. The van der Waals surface area contributed by atoms with Crippen LogP contribution >= 0.6 is 0 Å². The van der Waals surface area contributed by atoms with Crippen molar-refractivity contribution in [2.24, 2.45) is 0 Å². The van der Waals surface area contributed by atoms with E-state index in [9.17, 15) is 9.59 Å². The molecule has 0 atom stereocenters. The number of aromatic nitrogens is 1. The van der Waals surface area contributed by atoms with Gasteiger partial charge in [-0.2, -0.15) is 0 Å². The van der Waals surface area contributed by atoms with Crippen LogP contribution in [0.5, 0.6) is 0 Å². The van der Waals surface area contributed by atoms with Gasteiger partial charge in [0, 0.05) is 11.7 Å². The quantitative estimate of drug-likeness (QED) is 0.797. The summed E-state index contributed by atoms with van der Waals surface area (Å²) in [5.41, 5.74) is 2.43. The number of anilines is 2. The molecule has 0 saturated heterocycles. The van der Waals surface area contributed by atoms with Crippen molar-refractivity contribution in [3.63, 3.8) is 0 Å². The van der Waals surface area contributed by atoms with Crippen LogP contribution in [0.15, 0.2) is 42.6 Å². The highest BCUT2D eigenvalue weighted by atomic mass is 16.5. The van der Waals surface area contributed by atoms with Crippen molar-refractivity contribution in [2.75, 3.05) is 11.9 Å². The van der Waals surface area contributed by atoms with Gasteiger partial charge in [-0.3, -0.25) is 4.79 Å². The van der Waals surface area contributed by atoms with Crippen LogP contribution in [-0.2, 0) is 4.74 Å². The molecule has 2 N–H and O–H groups in total. The molecule has 24 heavy (non-hydrogen) atoms. The van der Waals surface area contributed by atoms with Crippen LogP contribution in [0.3, 0.4) is 0 Å². The molecule has 2 rings (SSSR count). The summed E-state index contributed by atoms with van der Waals surface area (Å²) in [5.74, 6) is -0.540. The highest BCUT2D eigenvalue weighted by Crippen LogP contribution is 2.17. The van der Waals surface area contributed by atoms with Crippen LogP contribution in [0, 0.1) is 0 Å². The third-order valence-corrected chi connectivity index (χ3v) is 3.10. The van der Waals surface area contributed by atoms with Crippen LogP contribution in [-0.4, -0.2) is 29.5 Å². The Balaban J connectivity index is 2.01. The highest BCUT2D eigenvalue weighted by molar-refractivity contribution is 5.92. The number of nitrogens with one attached hydrogen (secondary N) is 2. The predicted octanol–water partition coefficient (Wildman–Crippen LogP) is 3.14. The minimum Gasteiger partial charge on any atom is -0.462 e. The van der Waals surface area contributed by atoms with Crippen molar-refractivity contribution in [3.8, 4) is 0 Å². The molecule has 0 spiro atoms. The van der Waals surface area contributed by atoms with Gasteiger partial charge in [0.2, 0.25) is 0 Å². The molecule has 1 amide bonds. The van der Waals surface area contributed by atoms with Crippen molar-refractivity contribution < 1.29 is 14.3 Å². The Hall–Kier alpha value is -2.89. The van der Waals surface area contributed by atoms with E-state index < -0.39 is 0 Å². The summed E-state index contributed by atoms with van der Waals surface area (Å²) in [5, 5.41) is 5.95. The number of carbonyl (C=O) groups excluding carboxylic acids is 2. The van der Waals surface area contributed by atoms with Gasteiger partial charge in [0.15, 0.2) is 0 Å². The Morgan fingerprint density at radius 2 is 1.75 bits per heavy atom. The maximum Gasteiger partial charge on any atom is 0.338 e. The summed E-state index contributed by atoms with van der Waals surface area (Å²) in [6.45, 7) is 5.91. The van der Waals surface area contributed by atoms with E-state index in [0.717, 1.165) is 11.4 Å². The molecule has 1 aromatic carbocycles. The summed E-state index contributed by atoms with van der Waals surface area (Å²) in [6, 6.07) is 10.5. The first kappa shape index (κ1) is 17.5. The normalized spacial score (nSPS) is 10.3. The zero-order valence-corrected chi connectivity index (χ0v) is 14.0. The van der Waals surface area contributed by atoms with E-state index in [-0.39, 0.29) is 17.9 Å². The zero-order chi connectivity index (χ0) is 17.5. The number of nitrogens with zero attached hydrogens (tertiary/aromatic N) is 1. The summed E-state index contributed by atoms with van der Waals surface area (Å²) in [6.07, 6.45) is 1.59. The number of carbonyl (C=O) groups is 2. The van der Waals surface area contributed by atoms with E-state index in [1.165, 1.54) is 0 Å². The van der Waals surface area contributed by atoms with E-state index in [0.29, 0.717) is 17.9 Å². The first-order valence-electron chi connectivity index (χ1n) is 7.80. The number of ether oxygens (including phenoxy) is 1. The Morgan fingerprint density at radius 3 is 2.29 bits per heavy atom. The van der Waals surface area contributed by atoms with Gasteiger partial charge in [-0.25, -0.2) is 9.78 Å². The molecule has 1 aromatic heterocycles. The van der Waals surface area contributed by atoms with Crippen LogP contribution in [0.1, 0.15) is 41.6 Å². The van der Waals surface area contributed by atoms with Crippen LogP contribution < -0.4 is 10.6 Å². The van der Waals surface area contributed by atoms with E-state index >= 15 is 0 Å². The largest absolute Gasteiger partial charge is 0.462 e. The molecule has 0 unspecified atom stereocenters. The molecule has 0 aliphatic heterocycles. The van der Waals surface area contributed by atoms with Gasteiger partial charge in [-0.15, -0.1) is 0 Å². The van der Waals surface area contributed by atoms with Crippen LogP contribution in [0.4, 0.5) is 11.4 Å². The second-order valence-corrected chi connectivity index (χ2v) is 5.48. The average Bonchev–Trinajstić information content (AvgIpc) is 2.56. The van der Waals surface area contributed by atoms with E-state index in [4.69, 9.17) is 4.74 Å². The van der Waals surface area contributed by atoms with Crippen molar-refractivity contribution in [3.05, 3.63) is 53.9 Å². The fourth-order valence-electron chi connectivity index (χ4n) is 2.01. The van der Waals surface area contributed by atoms with Crippen molar-refractivity contribution >= 4 is 23.3 Å². The van der Waals surface area contributed by atoms with Crippen LogP contribution in [0.25, 0.3) is 0 Å². The Bertz CT molecular complexity index is 694. The lowest BCUT2D eigenvalue weighted by atomic mass is 10.2. The molecule has 0 aliphatic carbocycles. The Labute approximate surface area is 141 Å². The molecule has 126 valence electrons. The third-order valence-electron chi connectivity index (χ3n) is 3.10. The second-order valence-electron chi connectivity index (χ2n) is 5.48. The Kier molecular flexibility index (Phi) is 5.89. The van der Waals surface area contributed by atoms with Gasteiger partial charge in [0.1, 0.15) is 5.69 Å². The second kappa shape index (κ2) is 8.10. The van der Waals surface area contributed by atoms with Crippen molar-refractivity contribution in [1.82, 2.24) is 10.3 Å². The number of hydrogen-bond donors (Lipinski definition) is 2. The van der Waals surface area contributed by atoms with Gasteiger partial charge in [0.05, 0.1) is 24.1 Å². The molecule has 0 aliphatic rings. The van der Waals surface area contributed by atoms with Gasteiger partial charge in [-0.05, 0) is 57.2 Å². The van der Waals surface area contributed by atoms with Crippen molar-refractivity contribution in [2.45, 2.75) is 26.8 Å². The van der Waals surface area contributed by atoms with Gasteiger partial charge >= 0.3 is 5.97 Å². The maximum absolute atomic E-state index is 11.8. The minimum atomic E-state index is -0.341. The number of amides is 1. The summed E-state index contributed by atoms with van der Waals surface area (Å²) in [7, 11) is 0. The monoisotopic (exact) mass is 327 g/mol. The average molecular weight is 327 g/mol. The number of esters is 1. The molecular formula is C18H21N3O3. The first-order chi connectivity index (χ1) is 11.5. The van der Waals surface area contributed by atoms with Gasteiger partial charge in [0.25, 0.3) is 5.91 Å². The molecule has 6 nitrogen and oxygen atoms in total. The fourth-order valence-corrected chi connectivity index (χ4v) is 2.01. The minimum absolute atomic E-state index is 0.0648. The summed E-state index contributed by atoms with van der Waals surface area (Å²) < 4.78 is 4.94. The van der Waals surface area contributed by atoms with Gasteiger partial charge in [-0.1, -0.05) is 0 Å². The summed E-state index contributed by atoms with van der Waals surface area (Å²) >= 11 is 0. The Morgan fingerprint density at radius 1 is 1.08 bits per heavy atom. The number of hydrogen-bond acceptors (Lipinski definition) is 5. The standard InChI is InChI=1S/C18H21N3O3/c1-4-24-18(23)13-5-7-14(8-6-13)21-15-9-10-16(19-11-15)17(22)20-12(2)3/h5-12,21H,4H2,1-3H3,(H,20,22). The number of rotatable bonds is 6. The topological polar surface area (TPSA) is 80.3 Å². The lowest BCUT2D eigenvalue weighted by molar-refractivity contribution is 0.0526. The van der Waals surface area contributed by atoms with Crippen LogP contribution in [0.2, 0.25) is 0 Å². The molecule has 0 radical (unpaired) electrons. The molecule has 2 aromatic rings. The smallest absolute Gasteiger partial charge is 0.338 e. The number of benzene rings is 1. The molecule has 0 saturated carbocycles. The first-order valence-corrected chi connectivity index (χ1v) is 7.80. The molecule has 1 heterocycles. The van der Waals surface area contributed by atoms with Crippen molar-refractivity contribution in [1.29, 1.82) is 0 Å². The predicted molar refractivity (Wildman–Crippen MR) is 92.5 cm³/mol. The lowest BCUT2D eigenvalue weighted by Crippen LogP contribution is -2.30. The zero-order valence-electron chi connectivity index (χ0n) is 14.0. The van der Waals surface area contributed by atoms with Gasteiger partial charge < -0.3 is 15.4 Å². The summed E-state index contributed by atoms with van der Waals surface area (Å²) in [4.78, 5) is 27.6. The van der Waals surface area contributed by atoms with E-state index in [1.54, 1.807) is 49.5 Å². The van der Waals surface area contributed by atoms with E-state index in [1.807, 2.05) is 13.8 Å². The molecule has 0 fully saturated rings. The molecule has 6 heteroatoms. The third kappa shape index (κ3) is 4.81. The highest BCUT2D eigenvalue weighted by Gasteiger charge is 2.09. The maximum atomic E-state index is 11.8. The number of pyridine rings is 1. The SMILES string of the molecule is CCOC(=O)c1ccc(Nc2ccc(C(=O)NC(C)C)nc2)cc1. The van der Waals surface area contributed by atoms with E-state index in [2.05, 4.69) is 15.6 Å². The lowest BCUT2D eigenvalue weighted by Gasteiger charge is -2.09.